The van der Waals surface area contributed by atoms with Gasteiger partial charge < -0.3 is 19.8 Å². The Bertz CT molecular complexity index is 1690. The third-order valence-corrected chi connectivity index (χ3v) is 9.37. The van der Waals surface area contributed by atoms with Crippen molar-refractivity contribution in [1.82, 2.24) is 14.9 Å². The Hall–Kier alpha value is -3.93. The molecule has 3 aromatic rings. The van der Waals surface area contributed by atoms with Crippen LogP contribution in [0, 0.1) is 5.41 Å². The number of hydrogen-bond donors (Lipinski definition) is 2. The van der Waals surface area contributed by atoms with Crippen LogP contribution in [-0.4, -0.2) is 79.9 Å². The standard InChI is InChI=1S/C27H28N6O5S/c1-31-21-11-28-19-5-4-16(8-18(19)22(21)27(24(31)34)6-3-7-27)17-9-20(30-39(2,37)38)23(29-10-17)32-12-26(13-32)14-33(15-26)25(35)36/h4-5,8-11,30H,3,6-7,12-15H2,1-2H3,(H,35,36). The van der Waals surface area contributed by atoms with E-state index in [4.69, 9.17) is 5.11 Å². The van der Waals surface area contributed by atoms with Gasteiger partial charge in [0.25, 0.3) is 0 Å². The average molecular weight is 549 g/mol. The van der Waals surface area contributed by atoms with E-state index in [0.29, 0.717) is 37.7 Å². The van der Waals surface area contributed by atoms with Gasteiger partial charge in [-0.25, -0.2) is 18.2 Å². The number of carboxylic acid groups (broad SMARTS) is 1. The molecule has 5 heterocycles. The predicted octanol–water partition coefficient (Wildman–Crippen LogP) is 2.87. The van der Waals surface area contributed by atoms with Gasteiger partial charge in [-0.2, -0.15) is 0 Å². The Morgan fingerprint density at radius 1 is 1.05 bits per heavy atom. The molecule has 3 fully saturated rings. The lowest BCUT2D eigenvalue weighted by Crippen LogP contribution is -2.73. The Morgan fingerprint density at radius 2 is 1.79 bits per heavy atom. The lowest BCUT2D eigenvalue weighted by Gasteiger charge is -2.59. The molecule has 202 valence electrons. The molecule has 0 radical (unpaired) electrons. The minimum Gasteiger partial charge on any atom is -0.465 e. The molecule has 4 aliphatic rings. The van der Waals surface area contributed by atoms with Gasteiger partial charge in [-0.3, -0.25) is 14.5 Å². The van der Waals surface area contributed by atoms with Crippen LogP contribution in [0.4, 0.5) is 22.0 Å². The zero-order valence-corrected chi connectivity index (χ0v) is 22.5. The molecule has 2 saturated heterocycles. The van der Waals surface area contributed by atoms with E-state index in [1.54, 1.807) is 30.4 Å². The number of hydrogen-bond acceptors (Lipinski definition) is 7. The molecule has 39 heavy (non-hydrogen) atoms. The summed E-state index contributed by atoms with van der Waals surface area (Å²) in [6.07, 6.45) is 6.36. The molecule has 1 aliphatic carbocycles. The number of amides is 2. The molecule has 11 nitrogen and oxygen atoms in total. The number of anilines is 3. The Kier molecular flexibility index (Phi) is 4.83. The first-order valence-corrected chi connectivity index (χ1v) is 14.8. The van der Waals surface area contributed by atoms with E-state index in [9.17, 15) is 18.0 Å². The van der Waals surface area contributed by atoms with Gasteiger partial charge in [-0.1, -0.05) is 12.5 Å². The van der Waals surface area contributed by atoms with Crippen molar-refractivity contribution in [3.63, 3.8) is 0 Å². The maximum absolute atomic E-state index is 13.2. The van der Waals surface area contributed by atoms with Crippen molar-refractivity contribution in [2.24, 2.45) is 5.41 Å². The van der Waals surface area contributed by atoms with Crippen molar-refractivity contribution in [3.8, 4) is 11.1 Å². The highest BCUT2D eigenvalue weighted by molar-refractivity contribution is 7.92. The van der Waals surface area contributed by atoms with Crippen molar-refractivity contribution < 1.29 is 23.1 Å². The molecule has 7 rings (SSSR count). The quantitative estimate of drug-likeness (QED) is 0.508. The van der Waals surface area contributed by atoms with E-state index in [-0.39, 0.29) is 11.3 Å². The van der Waals surface area contributed by atoms with Crippen LogP contribution in [0.2, 0.25) is 0 Å². The van der Waals surface area contributed by atoms with Gasteiger partial charge in [-0.15, -0.1) is 0 Å². The second-order valence-electron chi connectivity index (χ2n) is 11.5. The fraction of sp³-hybridized carbons (Fsp3) is 0.407. The number of likely N-dealkylation sites (tertiary alicyclic amines) is 1. The summed E-state index contributed by atoms with van der Waals surface area (Å²) in [4.78, 5) is 38.7. The molecular formula is C27H28N6O5S. The summed E-state index contributed by atoms with van der Waals surface area (Å²) in [6.45, 7) is 2.17. The summed E-state index contributed by atoms with van der Waals surface area (Å²) >= 11 is 0. The molecule has 0 unspecified atom stereocenters. The highest BCUT2D eigenvalue weighted by atomic mass is 32.2. The maximum atomic E-state index is 13.2. The molecular weight excluding hydrogens is 520 g/mol. The zero-order chi connectivity index (χ0) is 27.3. The van der Waals surface area contributed by atoms with E-state index in [0.717, 1.165) is 58.8 Å². The molecule has 3 aliphatic heterocycles. The van der Waals surface area contributed by atoms with Gasteiger partial charge in [0, 0.05) is 61.4 Å². The number of nitrogens with one attached hydrogen (secondary N) is 1. The first kappa shape index (κ1) is 24.1. The van der Waals surface area contributed by atoms with Gasteiger partial charge in [0.05, 0.1) is 34.8 Å². The second-order valence-corrected chi connectivity index (χ2v) is 13.3. The van der Waals surface area contributed by atoms with Gasteiger partial charge in [-0.05, 0) is 36.6 Å². The highest BCUT2D eigenvalue weighted by Gasteiger charge is 2.55. The molecule has 2 spiro atoms. The SMILES string of the molecule is CN1C(=O)C2(CCC2)c2c1cnc1ccc(-c3cnc(N4CC5(CN(C(=O)O)C5)C4)c(NS(C)(=O)=O)c3)cc21. The summed E-state index contributed by atoms with van der Waals surface area (Å²) < 4.78 is 27.1. The van der Waals surface area contributed by atoms with Crippen LogP contribution in [0.1, 0.15) is 24.8 Å². The highest BCUT2D eigenvalue weighted by Crippen LogP contribution is 2.55. The Morgan fingerprint density at radius 3 is 2.44 bits per heavy atom. The number of benzene rings is 1. The van der Waals surface area contributed by atoms with Gasteiger partial charge in [0.15, 0.2) is 5.82 Å². The number of sulfonamides is 1. The summed E-state index contributed by atoms with van der Waals surface area (Å²) in [5.74, 6) is 0.645. The molecule has 1 aromatic carbocycles. The fourth-order valence-corrected chi connectivity index (χ4v) is 7.35. The van der Waals surface area contributed by atoms with Crippen molar-refractivity contribution in [1.29, 1.82) is 0 Å². The monoisotopic (exact) mass is 548 g/mol. The van der Waals surface area contributed by atoms with Crippen LogP contribution in [0.15, 0.2) is 36.7 Å². The molecule has 0 bridgehead atoms. The van der Waals surface area contributed by atoms with Crippen LogP contribution in [0.25, 0.3) is 22.0 Å². The molecule has 1 saturated carbocycles. The van der Waals surface area contributed by atoms with Crippen LogP contribution in [0.3, 0.4) is 0 Å². The number of rotatable bonds is 4. The third-order valence-electron chi connectivity index (χ3n) is 8.78. The maximum Gasteiger partial charge on any atom is 0.407 e. The fourth-order valence-electron chi connectivity index (χ4n) is 6.80. The van der Waals surface area contributed by atoms with E-state index in [1.165, 1.54) is 4.90 Å². The smallest absolute Gasteiger partial charge is 0.407 e. The van der Waals surface area contributed by atoms with E-state index in [1.807, 2.05) is 23.1 Å². The van der Waals surface area contributed by atoms with Crippen molar-refractivity contribution in [2.45, 2.75) is 24.7 Å². The average Bonchev–Trinajstić information content (AvgIpc) is 3.04. The zero-order valence-electron chi connectivity index (χ0n) is 21.6. The predicted molar refractivity (Wildman–Crippen MR) is 147 cm³/mol. The van der Waals surface area contributed by atoms with Crippen LogP contribution in [-0.2, 0) is 20.2 Å². The molecule has 2 aromatic heterocycles. The number of carbonyl (C=O) groups is 2. The van der Waals surface area contributed by atoms with Crippen molar-refractivity contribution >= 4 is 50.1 Å². The van der Waals surface area contributed by atoms with Crippen LogP contribution < -0.4 is 14.5 Å². The minimum atomic E-state index is -3.58. The van der Waals surface area contributed by atoms with Gasteiger partial charge in [0.1, 0.15) is 0 Å². The Balaban J connectivity index is 1.26. The summed E-state index contributed by atoms with van der Waals surface area (Å²) in [5.41, 5.74) is 4.07. The third kappa shape index (κ3) is 3.50. The molecule has 0 atom stereocenters. The largest absolute Gasteiger partial charge is 0.465 e. The minimum absolute atomic E-state index is 0.102. The number of likely N-dealkylation sites (N-methyl/N-ethyl adjacent to an activating group) is 1. The lowest BCUT2D eigenvalue weighted by atomic mass is 9.64. The summed E-state index contributed by atoms with van der Waals surface area (Å²) in [5, 5.41) is 10.1. The molecule has 12 heteroatoms. The Labute approximate surface area is 225 Å². The first-order valence-electron chi connectivity index (χ1n) is 12.9. The summed E-state index contributed by atoms with van der Waals surface area (Å²) in [7, 11) is -1.77. The molecule has 2 N–H and O–H groups in total. The van der Waals surface area contributed by atoms with Gasteiger partial charge >= 0.3 is 6.09 Å². The van der Waals surface area contributed by atoms with E-state index in [2.05, 4.69) is 14.7 Å². The topological polar surface area (TPSA) is 136 Å². The second kappa shape index (κ2) is 7.81. The first-order chi connectivity index (χ1) is 18.5. The van der Waals surface area contributed by atoms with E-state index >= 15 is 0 Å². The van der Waals surface area contributed by atoms with Crippen LogP contribution in [0.5, 0.6) is 0 Å². The van der Waals surface area contributed by atoms with Crippen molar-refractivity contribution in [3.05, 3.63) is 42.2 Å². The van der Waals surface area contributed by atoms with Crippen molar-refractivity contribution in [2.75, 3.05) is 54.0 Å². The number of aromatic nitrogens is 2. The van der Waals surface area contributed by atoms with Crippen LogP contribution >= 0.6 is 0 Å². The number of nitrogens with zero attached hydrogens (tertiary/aromatic N) is 5. The number of fused-ring (bicyclic) bond motifs is 4. The number of pyridine rings is 2. The molecule has 2 amide bonds. The lowest BCUT2D eigenvalue weighted by molar-refractivity contribution is -0.125. The number of carbonyl (C=O) groups excluding carboxylic acids is 1. The van der Waals surface area contributed by atoms with E-state index < -0.39 is 21.5 Å². The van der Waals surface area contributed by atoms with Gasteiger partial charge in [0.2, 0.25) is 15.9 Å². The normalized spacial score (nSPS) is 20.6. The summed E-state index contributed by atoms with van der Waals surface area (Å²) in [6, 6.07) is 7.68.